The lowest BCUT2D eigenvalue weighted by Gasteiger charge is -2.24. The molecule has 0 aliphatic carbocycles. The van der Waals surface area contributed by atoms with E-state index in [9.17, 15) is 4.79 Å². The van der Waals surface area contributed by atoms with E-state index in [-0.39, 0.29) is 12.5 Å². The van der Waals surface area contributed by atoms with Crippen molar-refractivity contribution in [1.82, 2.24) is 4.90 Å². The molecule has 0 fully saturated rings. The maximum atomic E-state index is 11.5. The predicted molar refractivity (Wildman–Crippen MR) is 101 cm³/mol. The fourth-order valence-corrected chi connectivity index (χ4v) is 3.87. The summed E-state index contributed by atoms with van der Waals surface area (Å²) >= 11 is 0. The van der Waals surface area contributed by atoms with E-state index in [2.05, 4.69) is 35.3 Å². The topological polar surface area (TPSA) is 50.8 Å². The Morgan fingerprint density at radius 2 is 2.15 bits per heavy atom. The summed E-state index contributed by atoms with van der Waals surface area (Å²) in [6, 6.07) is 12.5. The zero-order valence-corrected chi connectivity index (χ0v) is 15.2. The Morgan fingerprint density at radius 1 is 1.27 bits per heavy atom. The molecule has 136 valence electrons. The molecule has 2 aromatic rings. The number of amides is 1. The van der Waals surface area contributed by atoms with Crippen LogP contribution < -0.4 is 14.8 Å². The van der Waals surface area contributed by atoms with Crippen LogP contribution in [0.25, 0.3) is 0 Å². The van der Waals surface area contributed by atoms with Gasteiger partial charge in [-0.3, -0.25) is 9.69 Å². The number of nitrogens with zero attached hydrogens (tertiary/aromatic N) is 1. The molecule has 2 aromatic carbocycles. The van der Waals surface area contributed by atoms with Gasteiger partial charge < -0.3 is 14.8 Å². The SMILES string of the molecule is COc1ccc2c(c1)C(C)CN(Cc1ccc3c(c1)NC(=O)CO3)CC2. The molecule has 0 spiro atoms. The molecule has 1 unspecified atom stereocenters. The second kappa shape index (κ2) is 7.00. The fourth-order valence-electron chi connectivity index (χ4n) is 3.87. The van der Waals surface area contributed by atoms with Gasteiger partial charge in [-0.25, -0.2) is 0 Å². The molecule has 0 aromatic heterocycles. The third kappa shape index (κ3) is 3.40. The molecule has 2 heterocycles. The van der Waals surface area contributed by atoms with Gasteiger partial charge >= 0.3 is 0 Å². The highest BCUT2D eigenvalue weighted by Crippen LogP contribution is 2.31. The van der Waals surface area contributed by atoms with Crippen LogP contribution in [0.4, 0.5) is 5.69 Å². The minimum absolute atomic E-state index is 0.0949. The summed E-state index contributed by atoms with van der Waals surface area (Å²) in [4.78, 5) is 14.0. The third-order valence-corrected chi connectivity index (χ3v) is 5.20. The summed E-state index contributed by atoms with van der Waals surface area (Å²) < 4.78 is 10.8. The van der Waals surface area contributed by atoms with Crippen LogP contribution in [-0.2, 0) is 17.8 Å². The van der Waals surface area contributed by atoms with Gasteiger partial charge in [0.05, 0.1) is 12.8 Å². The van der Waals surface area contributed by atoms with Gasteiger partial charge in [0.15, 0.2) is 6.61 Å². The summed E-state index contributed by atoms with van der Waals surface area (Å²) in [5.74, 6) is 2.03. The van der Waals surface area contributed by atoms with Gasteiger partial charge in [0, 0.05) is 19.6 Å². The van der Waals surface area contributed by atoms with E-state index >= 15 is 0 Å². The minimum Gasteiger partial charge on any atom is -0.497 e. The lowest BCUT2D eigenvalue weighted by atomic mass is 9.95. The largest absolute Gasteiger partial charge is 0.497 e. The monoisotopic (exact) mass is 352 g/mol. The summed E-state index contributed by atoms with van der Waals surface area (Å²) in [6.45, 7) is 5.25. The molecule has 0 radical (unpaired) electrons. The van der Waals surface area contributed by atoms with Crippen molar-refractivity contribution in [1.29, 1.82) is 0 Å². The second-order valence-corrected chi connectivity index (χ2v) is 7.12. The molecular weight excluding hydrogens is 328 g/mol. The predicted octanol–water partition coefficient (Wildman–Crippen LogP) is 3.19. The number of rotatable bonds is 3. The number of carbonyl (C=O) groups excluding carboxylic acids is 1. The molecule has 5 heteroatoms. The minimum atomic E-state index is -0.0950. The molecule has 0 bridgehead atoms. The van der Waals surface area contributed by atoms with Crippen molar-refractivity contribution in [2.24, 2.45) is 0 Å². The highest BCUT2D eigenvalue weighted by atomic mass is 16.5. The zero-order chi connectivity index (χ0) is 18.1. The van der Waals surface area contributed by atoms with Crippen LogP contribution in [0.5, 0.6) is 11.5 Å². The fraction of sp³-hybridized carbons (Fsp3) is 0.381. The number of methoxy groups -OCH3 is 1. The van der Waals surface area contributed by atoms with E-state index in [4.69, 9.17) is 9.47 Å². The Labute approximate surface area is 153 Å². The van der Waals surface area contributed by atoms with Crippen molar-refractivity contribution < 1.29 is 14.3 Å². The van der Waals surface area contributed by atoms with Crippen LogP contribution in [0, 0.1) is 0 Å². The molecule has 0 saturated heterocycles. The number of hydrogen-bond acceptors (Lipinski definition) is 4. The standard InChI is InChI=1S/C21H24N2O3/c1-14-11-23(8-7-16-4-5-17(25-2)10-18(14)16)12-15-3-6-20-19(9-15)22-21(24)13-26-20/h3-6,9-10,14H,7-8,11-13H2,1-2H3,(H,22,24). The van der Waals surface area contributed by atoms with Crippen LogP contribution in [0.2, 0.25) is 0 Å². The maximum Gasteiger partial charge on any atom is 0.262 e. The lowest BCUT2D eigenvalue weighted by molar-refractivity contribution is -0.118. The Kier molecular flexibility index (Phi) is 4.55. The van der Waals surface area contributed by atoms with Gasteiger partial charge in [-0.1, -0.05) is 19.1 Å². The number of fused-ring (bicyclic) bond motifs is 2. The van der Waals surface area contributed by atoms with Gasteiger partial charge in [-0.15, -0.1) is 0 Å². The Balaban J connectivity index is 1.50. The summed E-state index contributed by atoms with van der Waals surface area (Å²) in [5, 5.41) is 2.89. The highest BCUT2D eigenvalue weighted by molar-refractivity contribution is 5.95. The first-order valence-corrected chi connectivity index (χ1v) is 9.07. The van der Waals surface area contributed by atoms with Gasteiger partial charge in [0.25, 0.3) is 5.91 Å². The Bertz CT molecular complexity index is 834. The summed E-state index contributed by atoms with van der Waals surface area (Å²) in [6.07, 6.45) is 1.04. The molecule has 26 heavy (non-hydrogen) atoms. The molecule has 5 nitrogen and oxygen atoms in total. The number of ether oxygens (including phenoxy) is 2. The van der Waals surface area contributed by atoms with Gasteiger partial charge in [-0.05, 0) is 53.3 Å². The van der Waals surface area contributed by atoms with Crippen molar-refractivity contribution in [2.75, 3.05) is 32.1 Å². The van der Waals surface area contributed by atoms with Crippen molar-refractivity contribution >= 4 is 11.6 Å². The number of benzene rings is 2. The van der Waals surface area contributed by atoms with Crippen LogP contribution in [-0.4, -0.2) is 37.6 Å². The lowest BCUT2D eigenvalue weighted by Crippen LogP contribution is -2.28. The van der Waals surface area contributed by atoms with E-state index in [1.165, 1.54) is 16.7 Å². The van der Waals surface area contributed by atoms with Crippen LogP contribution in [0.15, 0.2) is 36.4 Å². The first-order chi connectivity index (χ1) is 12.6. The molecule has 4 rings (SSSR count). The zero-order valence-electron chi connectivity index (χ0n) is 15.2. The normalized spacial score (nSPS) is 19.6. The van der Waals surface area contributed by atoms with E-state index in [0.29, 0.717) is 5.92 Å². The first kappa shape index (κ1) is 16.9. The van der Waals surface area contributed by atoms with Crippen LogP contribution in [0.1, 0.15) is 29.5 Å². The van der Waals surface area contributed by atoms with Gasteiger partial charge in [0.2, 0.25) is 0 Å². The Hall–Kier alpha value is -2.53. The number of carbonyl (C=O) groups is 1. The quantitative estimate of drug-likeness (QED) is 0.922. The second-order valence-electron chi connectivity index (χ2n) is 7.12. The number of hydrogen-bond donors (Lipinski definition) is 1. The van der Waals surface area contributed by atoms with Gasteiger partial charge in [0.1, 0.15) is 11.5 Å². The summed E-state index contributed by atoms with van der Waals surface area (Å²) in [5.41, 5.74) is 4.75. The molecular formula is C21H24N2O3. The van der Waals surface area contributed by atoms with Gasteiger partial charge in [-0.2, -0.15) is 0 Å². The molecule has 2 aliphatic heterocycles. The number of anilines is 1. The maximum absolute atomic E-state index is 11.5. The van der Waals surface area contributed by atoms with E-state index < -0.39 is 0 Å². The van der Waals surface area contributed by atoms with E-state index in [0.717, 1.165) is 43.2 Å². The molecule has 2 aliphatic rings. The molecule has 1 N–H and O–H groups in total. The van der Waals surface area contributed by atoms with E-state index in [1.54, 1.807) is 7.11 Å². The number of nitrogens with one attached hydrogen (secondary N) is 1. The molecule has 0 saturated carbocycles. The third-order valence-electron chi connectivity index (χ3n) is 5.20. The Morgan fingerprint density at radius 3 is 3.00 bits per heavy atom. The highest BCUT2D eigenvalue weighted by Gasteiger charge is 2.22. The first-order valence-electron chi connectivity index (χ1n) is 9.07. The van der Waals surface area contributed by atoms with Crippen molar-refractivity contribution in [3.63, 3.8) is 0 Å². The van der Waals surface area contributed by atoms with Crippen molar-refractivity contribution in [3.05, 3.63) is 53.1 Å². The average Bonchev–Trinajstić information content (AvgIpc) is 2.80. The smallest absolute Gasteiger partial charge is 0.262 e. The van der Waals surface area contributed by atoms with Crippen molar-refractivity contribution in [2.45, 2.75) is 25.8 Å². The molecule has 1 atom stereocenters. The van der Waals surface area contributed by atoms with Crippen LogP contribution >= 0.6 is 0 Å². The average molecular weight is 352 g/mol. The van der Waals surface area contributed by atoms with E-state index in [1.807, 2.05) is 18.2 Å². The van der Waals surface area contributed by atoms with Crippen LogP contribution in [0.3, 0.4) is 0 Å². The van der Waals surface area contributed by atoms with Crippen molar-refractivity contribution in [3.8, 4) is 11.5 Å². The molecule has 1 amide bonds. The summed E-state index contributed by atoms with van der Waals surface area (Å²) in [7, 11) is 1.72.